The molecular formula is C14H10O4S2. The summed E-state index contributed by atoms with van der Waals surface area (Å²) in [6.07, 6.45) is -0.863. The minimum Gasteiger partial charge on any atom is -0.442 e. The average molecular weight is 306 g/mol. The highest BCUT2D eigenvalue weighted by Gasteiger charge is 2.36. The number of carbonyl (C=O) groups is 3. The molecule has 4 nitrogen and oxygen atoms in total. The number of ether oxygens (including phenoxy) is 1. The molecule has 1 aliphatic rings. The zero-order valence-corrected chi connectivity index (χ0v) is 12.0. The fourth-order valence-corrected chi connectivity index (χ4v) is 3.71. The third kappa shape index (κ3) is 2.44. The first-order valence-electron chi connectivity index (χ1n) is 6.05. The van der Waals surface area contributed by atoms with E-state index in [9.17, 15) is 14.4 Å². The molecule has 2 aromatic rings. The first-order valence-corrected chi connectivity index (χ1v) is 7.75. The van der Waals surface area contributed by atoms with Gasteiger partial charge in [0.05, 0.1) is 0 Å². The molecule has 102 valence electrons. The van der Waals surface area contributed by atoms with Gasteiger partial charge in [-0.1, -0.05) is 6.07 Å². The molecule has 0 amide bonds. The molecule has 0 bridgehead atoms. The van der Waals surface area contributed by atoms with Crippen molar-refractivity contribution in [2.75, 3.05) is 0 Å². The van der Waals surface area contributed by atoms with E-state index in [1.165, 1.54) is 11.3 Å². The number of esters is 1. The number of hydrogen-bond acceptors (Lipinski definition) is 6. The van der Waals surface area contributed by atoms with Crippen LogP contribution in [0.2, 0.25) is 0 Å². The van der Waals surface area contributed by atoms with Crippen LogP contribution in [0.25, 0.3) is 9.75 Å². The minimum atomic E-state index is -1.20. The highest BCUT2D eigenvalue weighted by Crippen LogP contribution is 2.32. The van der Waals surface area contributed by atoms with Gasteiger partial charge in [-0.2, -0.15) is 0 Å². The van der Waals surface area contributed by atoms with Gasteiger partial charge in [0, 0.05) is 22.6 Å². The Kier molecular flexibility index (Phi) is 3.50. The molecule has 0 N–H and O–H groups in total. The van der Waals surface area contributed by atoms with Crippen LogP contribution < -0.4 is 0 Å². The van der Waals surface area contributed by atoms with Crippen molar-refractivity contribution in [3.63, 3.8) is 0 Å². The van der Waals surface area contributed by atoms with Gasteiger partial charge in [-0.05, 0) is 23.6 Å². The summed E-state index contributed by atoms with van der Waals surface area (Å²) < 4.78 is 5.03. The lowest BCUT2D eigenvalue weighted by Gasteiger charge is -2.07. The topological polar surface area (TPSA) is 60.4 Å². The predicted molar refractivity (Wildman–Crippen MR) is 76.1 cm³/mol. The molecule has 0 unspecified atom stereocenters. The number of rotatable bonds is 3. The van der Waals surface area contributed by atoms with Crippen LogP contribution >= 0.6 is 22.7 Å². The van der Waals surface area contributed by atoms with Gasteiger partial charge in [0.25, 0.3) is 0 Å². The summed E-state index contributed by atoms with van der Waals surface area (Å²) in [5.74, 6) is -1.22. The van der Waals surface area contributed by atoms with E-state index < -0.39 is 12.1 Å². The summed E-state index contributed by atoms with van der Waals surface area (Å²) in [5.41, 5.74) is 0. The monoisotopic (exact) mass is 306 g/mol. The van der Waals surface area contributed by atoms with Crippen LogP contribution in [0.5, 0.6) is 0 Å². The van der Waals surface area contributed by atoms with Gasteiger partial charge in [-0.15, -0.1) is 22.7 Å². The van der Waals surface area contributed by atoms with E-state index >= 15 is 0 Å². The molecule has 2 heterocycles. The van der Waals surface area contributed by atoms with Gasteiger partial charge in [0.1, 0.15) is 4.88 Å². The molecule has 3 rings (SSSR count). The second-order valence-corrected chi connectivity index (χ2v) is 6.39. The SMILES string of the molecule is O=C(OC1C(=O)CCC1=O)c1ccc(-c2cccs2)s1. The van der Waals surface area contributed by atoms with Gasteiger partial charge in [0.2, 0.25) is 6.10 Å². The maximum atomic E-state index is 12.0. The van der Waals surface area contributed by atoms with E-state index in [2.05, 4.69) is 0 Å². The number of ketones is 2. The van der Waals surface area contributed by atoms with E-state index in [1.54, 1.807) is 17.4 Å². The summed E-state index contributed by atoms with van der Waals surface area (Å²) in [6, 6.07) is 7.40. The number of thiophene rings is 2. The van der Waals surface area contributed by atoms with Crippen LogP contribution in [0.4, 0.5) is 0 Å². The van der Waals surface area contributed by atoms with Crippen molar-refractivity contribution in [2.24, 2.45) is 0 Å². The van der Waals surface area contributed by atoms with E-state index in [4.69, 9.17) is 4.74 Å². The molecule has 1 saturated carbocycles. The quantitative estimate of drug-likeness (QED) is 0.646. The van der Waals surface area contributed by atoms with Gasteiger partial charge < -0.3 is 4.74 Å². The minimum absolute atomic E-state index is 0.168. The summed E-state index contributed by atoms with van der Waals surface area (Å²) in [6.45, 7) is 0. The molecule has 1 fully saturated rings. The highest BCUT2D eigenvalue weighted by atomic mass is 32.1. The lowest BCUT2D eigenvalue weighted by atomic mass is 10.3. The fraction of sp³-hybridized carbons (Fsp3) is 0.214. The second kappa shape index (κ2) is 5.30. The smallest absolute Gasteiger partial charge is 0.349 e. The van der Waals surface area contributed by atoms with Crippen LogP contribution in [0, 0.1) is 0 Å². The van der Waals surface area contributed by atoms with Gasteiger partial charge in [-0.3, -0.25) is 9.59 Å². The Labute approximate surface area is 123 Å². The Balaban J connectivity index is 1.75. The molecule has 0 atom stereocenters. The van der Waals surface area contributed by atoms with Crippen molar-refractivity contribution in [3.05, 3.63) is 34.5 Å². The predicted octanol–water partition coefficient (Wildman–Crippen LogP) is 2.93. The lowest BCUT2D eigenvalue weighted by molar-refractivity contribution is -0.133. The molecular weight excluding hydrogens is 296 g/mol. The van der Waals surface area contributed by atoms with Crippen LogP contribution in [0.1, 0.15) is 22.5 Å². The van der Waals surface area contributed by atoms with E-state index in [0.717, 1.165) is 9.75 Å². The summed E-state index contributed by atoms with van der Waals surface area (Å²) >= 11 is 2.88. The molecule has 0 aliphatic heterocycles. The molecule has 0 radical (unpaired) electrons. The van der Waals surface area contributed by atoms with Gasteiger partial charge >= 0.3 is 5.97 Å². The maximum Gasteiger partial charge on any atom is 0.349 e. The summed E-state index contributed by atoms with van der Waals surface area (Å²) in [5, 5.41) is 1.96. The standard InChI is InChI=1S/C14H10O4S2/c15-8-3-4-9(16)13(8)18-14(17)12-6-5-11(20-12)10-2-1-7-19-10/h1-2,5-7,13H,3-4H2. The van der Waals surface area contributed by atoms with Crippen LogP contribution in [0.15, 0.2) is 29.6 Å². The lowest BCUT2D eigenvalue weighted by Crippen LogP contribution is -2.27. The third-order valence-corrected chi connectivity index (χ3v) is 5.13. The molecule has 2 aromatic heterocycles. The Morgan fingerprint density at radius 2 is 1.85 bits per heavy atom. The third-order valence-electron chi connectivity index (χ3n) is 3.00. The molecule has 6 heteroatoms. The van der Waals surface area contributed by atoms with E-state index in [-0.39, 0.29) is 24.4 Å². The molecule has 0 aromatic carbocycles. The molecule has 0 saturated heterocycles. The van der Waals surface area contributed by atoms with Crippen molar-refractivity contribution in [1.29, 1.82) is 0 Å². The fourth-order valence-electron chi connectivity index (χ4n) is 1.98. The molecule has 1 aliphatic carbocycles. The van der Waals surface area contributed by atoms with Crippen molar-refractivity contribution in [1.82, 2.24) is 0 Å². The summed E-state index contributed by atoms with van der Waals surface area (Å²) in [7, 11) is 0. The van der Waals surface area contributed by atoms with Gasteiger partial charge in [-0.25, -0.2) is 4.79 Å². The Morgan fingerprint density at radius 3 is 2.50 bits per heavy atom. The number of hydrogen-bond donors (Lipinski definition) is 0. The normalized spacial score (nSPS) is 15.8. The summed E-state index contributed by atoms with van der Waals surface area (Å²) in [4.78, 5) is 37.3. The molecule has 20 heavy (non-hydrogen) atoms. The van der Waals surface area contributed by atoms with Crippen molar-refractivity contribution < 1.29 is 19.1 Å². The van der Waals surface area contributed by atoms with E-state index in [0.29, 0.717) is 4.88 Å². The zero-order valence-electron chi connectivity index (χ0n) is 10.3. The second-order valence-electron chi connectivity index (χ2n) is 4.36. The highest BCUT2D eigenvalue weighted by molar-refractivity contribution is 7.22. The van der Waals surface area contributed by atoms with Crippen molar-refractivity contribution in [2.45, 2.75) is 18.9 Å². The van der Waals surface area contributed by atoms with Crippen LogP contribution in [-0.4, -0.2) is 23.6 Å². The Bertz CT molecular complexity index is 653. The number of carbonyl (C=O) groups excluding carboxylic acids is 3. The van der Waals surface area contributed by atoms with Crippen molar-refractivity contribution in [3.8, 4) is 9.75 Å². The Morgan fingerprint density at radius 1 is 1.10 bits per heavy atom. The largest absolute Gasteiger partial charge is 0.442 e. The molecule has 0 spiro atoms. The Hall–Kier alpha value is -1.79. The first kappa shape index (κ1) is 13.2. The van der Waals surface area contributed by atoms with Crippen LogP contribution in [0.3, 0.4) is 0 Å². The maximum absolute atomic E-state index is 12.0. The first-order chi connectivity index (χ1) is 9.65. The average Bonchev–Trinajstić information content (AvgIpc) is 3.14. The van der Waals surface area contributed by atoms with E-state index in [1.807, 2.05) is 23.6 Å². The number of Topliss-reactive ketones (excluding diaryl/α,β-unsaturated/α-hetero) is 2. The van der Waals surface area contributed by atoms with Gasteiger partial charge in [0.15, 0.2) is 11.6 Å². The van der Waals surface area contributed by atoms with Crippen molar-refractivity contribution >= 4 is 40.2 Å². The van der Waals surface area contributed by atoms with Crippen LogP contribution in [-0.2, 0) is 14.3 Å². The zero-order chi connectivity index (χ0) is 14.1.